The van der Waals surface area contributed by atoms with Gasteiger partial charge >= 0.3 is 7.60 Å². The maximum atomic E-state index is 12.5. The van der Waals surface area contributed by atoms with Crippen LogP contribution >= 0.6 is 15.0 Å². The van der Waals surface area contributed by atoms with E-state index < -0.39 is 20.4 Å². The summed E-state index contributed by atoms with van der Waals surface area (Å²) >= 11 is 0. The summed E-state index contributed by atoms with van der Waals surface area (Å²) in [5, 5.41) is -1.24. The summed E-state index contributed by atoms with van der Waals surface area (Å²) in [6, 6.07) is 8.20. The molecule has 0 aliphatic carbocycles. The Hall–Kier alpha value is -0.960. The lowest BCUT2D eigenvalue weighted by Crippen LogP contribution is -2.11. The van der Waals surface area contributed by atoms with Crippen LogP contribution < -0.4 is 0 Å². The smallest absolute Gasteiger partial charge is 0.328 e. The van der Waals surface area contributed by atoms with Crippen molar-refractivity contribution in [1.29, 1.82) is 0 Å². The van der Waals surface area contributed by atoms with Gasteiger partial charge < -0.3 is 14.3 Å². The second-order valence-electron chi connectivity index (χ2n) is 7.84. The molecule has 0 heterocycles. The highest BCUT2D eigenvalue weighted by Crippen LogP contribution is 2.64. The van der Waals surface area contributed by atoms with E-state index in [1.54, 1.807) is 6.92 Å². The van der Waals surface area contributed by atoms with Crippen LogP contribution in [0.25, 0.3) is 6.08 Å². The Kier molecular flexibility index (Phi) is 10.8. The predicted octanol–water partition coefficient (Wildman–Crippen LogP) is 6.61. The van der Waals surface area contributed by atoms with Gasteiger partial charge in [-0.2, -0.15) is 0 Å². The summed E-state index contributed by atoms with van der Waals surface area (Å²) in [4.78, 5) is 19.2. The Morgan fingerprint density at radius 1 is 1.14 bits per heavy atom. The molecule has 1 rings (SSSR count). The fraction of sp³-hybridized carbons (Fsp3) is 0.545. The Morgan fingerprint density at radius 3 is 2.28 bits per heavy atom. The van der Waals surface area contributed by atoms with Gasteiger partial charge in [-0.25, -0.2) is 0 Å². The van der Waals surface area contributed by atoms with E-state index in [1.807, 2.05) is 12.1 Å². The lowest BCUT2D eigenvalue weighted by atomic mass is 10.0. The van der Waals surface area contributed by atoms with Gasteiger partial charge in [0.2, 0.25) is 7.37 Å². The van der Waals surface area contributed by atoms with Crippen molar-refractivity contribution >= 4 is 21.0 Å². The number of hydrogen-bond acceptors (Lipinski definition) is 3. The van der Waals surface area contributed by atoms with Gasteiger partial charge in [0.25, 0.3) is 0 Å². The molecule has 0 bridgehead atoms. The first-order chi connectivity index (χ1) is 13.5. The summed E-state index contributed by atoms with van der Waals surface area (Å²) in [6.07, 6.45) is 7.89. The summed E-state index contributed by atoms with van der Waals surface area (Å²) in [5.41, 5.74) is 4.90. The SMILES string of the molecule is CCOP(C)(=O)C(CCCc1ccc(/C=C(\C)CCC=C(C)C)cc1)P(=O)(O)O. The lowest BCUT2D eigenvalue weighted by molar-refractivity contribution is 0.321. The number of benzene rings is 1. The molecule has 0 saturated heterocycles. The zero-order valence-corrected chi connectivity index (χ0v) is 20.1. The molecule has 0 radical (unpaired) electrons. The van der Waals surface area contributed by atoms with Crippen molar-refractivity contribution in [2.45, 2.75) is 65.2 Å². The maximum Gasteiger partial charge on any atom is 0.338 e. The zero-order valence-electron chi connectivity index (χ0n) is 18.3. The predicted molar refractivity (Wildman–Crippen MR) is 123 cm³/mol. The van der Waals surface area contributed by atoms with Crippen molar-refractivity contribution in [2.75, 3.05) is 13.3 Å². The molecular weight excluding hydrogens is 406 g/mol. The number of aryl methyl sites for hydroxylation is 1. The van der Waals surface area contributed by atoms with Crippen molar-refractivity contribution in [3.63, 3.8) is 0 Å². The Morgan fingerprint density at radius 2 is 1.76 bits per heavy atom. The van der Waals surface area contributed by atoms with Gasteiger partial charge in [0.15, 0.2) is 0 Å². The van der Waals surface area contributed by atoms with Gasteiger partial charge in [0.1, 0.15) is 5.40 Å². The van der Waals surface area contributed by atoms with Crippen molar-refractivity contribution in [3.05, 3.63) is 52.6 Å². The topological polar surface area (TPSA) is 83.8 Å². The minimum atomic E-state index is -4.49. The quantitative estimate of drug-likeness (QED) is 0.281. The van der Waals surface area contributed by atoms with Crippen molar-refractivity contribution in [3.8, 4) is 0 Å². The summed E-state index contributed by atoms with van der Waals surface area (Å²) in [7, 11) is -7.85. The van der Waals surface area contributed by atoms with E-state index in [4.69, 9.17) is 4.52 Å². The molecule has 0 saturated carbocycles. The highest BCUT2D eigenvalue weighted by Gasteiger charge is 2.41. The summed E-state index contributed by atoms with van der Waals surface area (Å²) in [6.45, 7) is 9.52. The van der Waals surface area contributed by atoms with Crippen LogP contribution in [-0.2, 0) is 20.1 Å². The first-order valence-electron chi connectivity index (χ1n) is 10.1. The molecular formula is C22H36O5P2. The highest BCUT2D eigenvalue weighted by molar-refractivity contribution is 7.74. The van der Waals surface area contributed by atoms with Gasteiger partial charge in [-0.3, -0.25) is 9.13 Å². The van der Waals surface area contributed by atoms with E-state index >= 15 is 0 Å². The van der Waals surface area contributed by atoms with E-state index in [9.17, 15) is 18.9 Å². The van der Waals surface area contributed by atoms with E-state index in [-0.39, 0.29) is 13.0 Å². The third kappa shape index (κ3) is 10.1. The Bertz CT molecular complexity index is 786. The van der Waals surface area contributed by atoms with E-state index in [0.29, 0.717) is 12.8 Å². The number of allylic oxidation sites excluding steroid dienone is 3. The average Bonchev–Trinajstić information content (AvgIpc) is 2.58. The van der Waals surface area contributed by atoms with Crippen LogP contribution in [0.15, 0.2) is 41.5 Å². The number of hydrogen-bond donors (Lipinski definition) is 2. The van der Waals surface area contributed by atoms with Gasteiger partial charge in [-0.05, 0) is 70.9 Å². The summed E-state index contributed by atoms with van der Waals surface area (Å²) in [5.74, 6) is 0. The van der Waals surface area contributed by atoms with Crippen LogP contribution in [0.3, 0.4) is 0 Å². The third-order valence-electron chi connectivity index (χ3n) is 4.73. The lowest BCUT2D eigenvalue weighted by Gasteiger charge is -2.24. The van der Waals surface area contributed by atoms with Gasteiger partial charge in [0.05, 0.1) is 6.61 Å². The molecule has 0 aliphatic rings. The van der Waals surface area contributed by atoms with Crippen molar-refractivity contribution in [2.24, 2.45) is 0 Å². The molecule has 164 valence electrons. The molecule has 5 nitrogen and oxygen atoms in total. The van der Waals surface area contributed by atoms with Crippen LogP contribution in [0.5, 0.6) is 0 Å². The molecule has 2 unspecified atom stereocenters. The fourth-order valence-electron chi connectivity index (χ4n) is 3.23. The fourth-order valence-corrected chi connectivity index (χ4v) is 7.47. The minimum absolute atomic E-state index is 0.170. The molecule has 0 amide bonds. The van der Waals surface area contributed by atoms with Crippen LogP contribution in [0.2, 0.25) is 0 Å². The van der Waals surface area contributed by atoms with Crippen LogP contribution in [-0.4, -0.2) is 28.5 Å². The monoisotopic (exact) mass is 442 g/mol. The molecule has 2 N–H and O–H groups in total. The Balaban J connectivity index is 2.66. The summed E-state index contributed by atoms with van der Waals surface area (Å²) < 4.78 is 29.5. The van der Waals surface area contributed by atoms with Gasteiger partial charge in [0, 0.05) is 6.66 Å². The molecule has 1 aromatic carbocycles. The highest BCUT2D eigenvalue weighted by atomic mass is 31.2. The van der Waals surface area contributed by atoms with E-state index in [2.05, 4.69) is 45.1 Å². The normalized spacial score (nSPS) is 15.6. The standard InChI is InChI=1S/C22H36O5P2/c1-6-27-28(5,23)22(29(24,25)26)12-8-11-20-13-15-21(16-14-20)17-19(4)10-7-9-18(2)3/h9,13-17,22H,6-8,10-12H2,1-5H3,(H2,24,25,26)/b19-17+. The van der Waals surface area contributed by atoms with E-state index in [0.717, 1.165) is 24.0 Å². The van der Waals surface area contributed by atoms with E-state index in [1.165, 1.54) is 17.8 Å². The molecule has 0 fully saturated rings. The second-order valence-corrected chi connectivity index (χ2v) is 12.7. The van der Waals surface area contributed by atoms with Gasteiger partial charge in [-0.1, -0.05) is 47.6 Å². The van der Waals surface area contributed by atoms with Crippen molar-refractivity contribution < 1.29 is 23.4 Å². The maximum absolute atomic E-state index is 12.5. The molecule has 2 atom stereocenters. The van der Waals surface area contributed by atoms with Gasteiger partial charge in [-0.15, -0.1) is 0 Å². The molecule has 7 heteroatoms. The van der Waals surface area contributed by atoms with Crippen molar-refractivity contribution in [1.82, 2.24) is 0 Å². The largest absolute Gasteiger partial charge is 0.338 e. The zero-order chi connectivity index (χ0) is 22.1. The van der Waals surface area contributed by atoms with Crippen LogP contribution in [0.1, 0.15) is 64.5 Å². The van der Waals surface area contributed by atoms with Crippen LogP contribution in [0.4, 0.5) is 0 Å². The molecule has 29 heavy (non-hydrogen) atoms. The molecule has 0 spiro atoms. The average molecular weight is 442 g/mol. The molecule has 0 aromatic heterocycles. The minimum Gasteiger partial charge on any atom is -0.328 e. The Labute approximate surface area is 175 Å². The number of rotatable bonds is 12. The first kappa shape index (κ1) is 26.1. The first-order valence-corrected chi connectivity index (χ1v) is 13.9. The van der Waals surface area contributed by atoms with Crippen LogP contribution in [0, 0.1) is 0 Å². The second kappa shape index (κ2) is 12.0. The molecule has 1 aromatic rings. The molecule has 0 aliphatic heterocycles. The third-order valence-corrected chi connectivity index (χ3v) is 10.0.